The first-order chi connectivity index (χ1) is 11.1. The molecule has 0 bridgehead atoms. The first kappa shape index (κ1) is 16.4. The molecule has 0 saturated heterocycles. The predicted molar refractivity (Wildman–Crippen MR) is 84.9 cm³/mol. The van der Waals surface area contributed by atoms with Gasteiger partial charge >= 0.3 is 5.97 Å². The molecule has 0 atom stereocenters. The smallest absolute Gasteiger partial charge is 0.349 e. The maximum absolute atomic E-state index is 11.8. The van der Waals surface area contributed by atoms with Crippen molar-refractivity contribution in [2.75, 3.05) is 19.0 Å². The lowest BCUT2D eigenvalue weighted by molar-refractivity contribution is -0.136. The number of hydrogen-bond acceptors (Lipinski definition) is 5. The molecule has 0 heterocycles. The highest BCUT2D eigenvalue weighted by Crippen LogP contribution is 2.25. The van der Waals surface area contributed by atoms with Crippen LogP contribution >= 0.6 is 0 Å². The van der Waals surface area contributed by atoms with E-state index in [1.807, 2.05) is 0 Å². The molecule has 0 saturated carbocycles. The van der Waals surface area contributed by atoms with E-state index in [9.17, 15) is 9.59 Å². The van der Waals surface area contributed by atoms with Crippen molar-refractivity contribution in [2.24, 2.45) is 0 Å². The molecule has 2 rings (SSSR count). The number of carbonyl (C=O) groups excluding carboxylic acids is 2. The van der Waals surface area contributed by atoms with E-state index < -0.39 is 5.97 Å². The van der Waals surface area contributed by atoms with Crippen LogP contribution in [0.15, 0.2) is 48.5 Å². The monoisotopic (exact) mass is 315 g/mol. The largest absolute Gasteiger partial charge is 0.493 e. The van der Waals surface area contributed by atoms with E-state index in [2.05, 4.69) is 5.32 Å². The van der Waals surface area contributed by atoms with Crippen LogP contribution in [-0.4, -0.2) is 25.6 Å². The molecule has 0 spiro atoms. The van der Waals surface area contributed by atoms with Gasteiger partial charge in [-0.3, -0.25) is 4.79 Å². The Labute approximate surface area is 134 Å². The Bertz CT molecular complexity index is 682. The summed E-state index contributed by atoms with van der Waals surface area (Å²) in [5, 5.41) is 2.63. The quantitative estimate of drug-likeness (QED) is 0.655. The zero-order valence-electron chi connectivity index (χ0n) is 12.9. The number of esters is 1. The minimum absolute atomic E-state index is 0.167. The summed E-state index contributed by atoms with van der Waals surface area (Å²) in [5.74, 6) is 0.670. The molecule has 0 aliphatic heterocycles. The number of methoxy groups -OCH3 is 1. The first-order valence-electron chi connectivity index (χ1n) is 6.92. The third kappa shape index (κ3) is 5.03. The van der Waals surface area contributed by atoms with Crippen LogP contribution in [-0.2, 0) is 9.59 Å². The summed E-state index contributed by atoms with van der Waals surface area (Å²) in [5.41, 5.74) is 0.627. The van der Waals surface area contributed by atoms with Crippen molar-refractivity contribution in [3.63, 3.8) is 0 Å². The molecule has 0 unspecified atom stereocenters. The van der Waals surface area contributed by atoms with E-state index in [0.717, 1.165) is 0 Å². The van der Waals surface area contributed by atoms with Crippen LogP contribution in [0, 0.1) is 0 Å². The average Bonchev–Trinajstić information content (AvgIpc) is 2.54. The number of hydrogen-bond donors (Lipinski definition) is 1. The van der Waals surface area contributed by atoms with Crippen molar-refractivity contribution < 1.29 is 23.8 Å². The summed E-state index contributed by atoms with van der Waals surface area (Å²) in [6, 6.07) is 13.5. The maximum atomic E-state index is 11.8. The molecule has 6 heteroatoms. The van der Waals surface area contributed by atoms with Crippen molar-refractivity contribution in [1.82, 2.24) is 0 Å². The van der Waals surface area contributed by atoms with E-state index in [-0.39, 0.29) is 12.5 Å². The first-order valence-corrected chi connectivity index (χ1v) is 6.92. The number of carbonyl (C=O) groups is 2. The molecule has 6 nitrogen and oxygen atoms in total. The zero-order valence-corrected chi connectivity index (χ0v) is 12.9. The van der Waals surface area contributed by atoms with Crippen molar-refractivity contribution in [3.8, 4) is 17.2 Å². The van der Waals surface area contributed by atoms with Gasteiger partial charge in [-0.05, 0) is 36.4 Å². The van der Waals surface area contributed by atoms with Gasteiger partial charge in [0.15, 0.2) is 18.1 Å². The van der Waals surface area contributed by atoms with E-state index in [4.69, 9.17) is 14.2 Å². The SMILES string of the molecule is COc1ccccc1OCC(=O)Oc1ccc(NC(C)=O)cc1. The Kier molecular flexibility index (Phi) is 5.57. The van der Waals surface area contributed by atoms with Crippen molar-refractivity contribution in [3.05, 3.63) is 48.5 Å². The van der Waals surface area contributed by atoms with Crippen LogP contribution in [0.4, 0.5) is 5.69 Å². The Balaban J connectivity index is 1.88. The third-order valence-electron chi connectivity index (χ3n) is 2.82. The fourth-order valence-corrected chi connectivity index (χ4v) is 1.85. The van der Waals surface area contributed by atoms with E-state index in [1.165, 1.54) is 14.0 Å². The molecule has 2 aromatic carbocycles. The third-order valence-corrected chi connectivity index (χ3v) is 2.82. The van der Waals surface area contributed by atoms with Gasteiger partial charge < -0.3 is 19.5 Å². The second-order valence-corrected chi connectivity index (χ2v) is 4.62. The molecule has 120 valence electrons. The Morgan fingerprint density at radius 2 is 1.65 bits per heavy atom. The van der Waals surface area contributed by atoms with Gasteiger partial charge in [-0.25, -0.2) is 4.79 Å². The number of para-hydroxylation sites is 2. The van der Waals surface area contributed by atoms with Crippen molar-refractivity contribution in [2.45, 2.75) is 6.92 Å². The summed E-state index contributed by atoms with van der Waals surface area (Å²) in [7, 11) is 1.52. The number of amides is 1. The Morgan fingerprint density at radius 1 is 1.00 bits per heavy atom. The topological polar surface area (TPSA) is 73.9 Å². The predicted octanol–water partition coefficient (Wildman–Crippen LogP) is 2.64. The van der Waals surface area contributed by atoms with Gasteiger partial charge in [0.2, 0.25) is 5.91 Å². The van der Waals surface area contributed by atoms with Crippen LogP contribution in [0.1, 0.15) is 6.92 Å². The molecular weight excluding hydrogens is 298 g/mol. The van der Waals surface area contributed by atoms with Crippen LogP contribution in [0.5, 0.6) is 17.2 Å². The Morgan fingerprint density at radius 3 is 2.26 bits per heavy atom. The van der Waals surface area contributed by atoms with Gasteiger partial charge in [-0.2, -0.15) is 0 Å². The van der Waals surface area contributed by atoms with Crippen LogP contribution in [0.2, 0.25) is 0 Å². The summed E-state index contributed by atoms with van der Waals surface area (Å²) in [6.07, 6.45) is 0. The fourth-order valence-electron chi connectivity index (χ4n) is 1.85. The van der Waals surface area contributed by atoms with Gasteiger partial charge in [0, 0.05) is 12.6 Å². The summed E-state index contributed by atoms with van der Waals surface area (Å²) >= 11 is 0. The molecule has 0 radical (unpaired) electrons. The Hall–Kier alpha value is -3.02. The number of anilines is 1. The molecule has 1 amide bonds. The van der Waals surface area contributed by atoms with Crippen LogP contribution in [0.25, 0.3) is 0 Å². The average molecular weight is 315 g/mol. The van der Waals surface area contributed by atoms with Crippen molar-refractivity contribution in [1.29, 1.82) is 0 Å². The summed E-state index contributed by atoms with van der Waals surface area (Å²) in [6.45, 7) is 1.18. The van der Waals surface area contributed by atoms with Gasteiger partial charge in [-0.1, -0.05) is 12.1 Å². The van der Waals surface area contributed by atoms with Crippen molar-refractivity contribution >= 4 is 17.6 Å². The van der Waals surface area contributed by atoms with E-state index in [1.54, 1.807) is 48.5 Å². The molecule has 2 aromatic rings. The molecule has 1 N–H and O–H groups in total. The second-order valence-electron chi connectivity index (χ2n) is 4.62. The number of nitrogens with one attached hydrogen (secondary N) is 1. The lowest BCUT2D eigenvalue weighted by atomic mass is 10.3. The molecule has 23 heavy (non-hydrogen) atoms. The number of benzene rings is 2. The van der Waals surface area contributed by atoms with Gasteiger partial charge in [0.1, 0.15) is 5.75 Å². The standard InChI is InChI=1S/C17H17NO5/c1-12(19)18-13-7-9-14(10-8-13)23-17(20)11-22-16-6-4-3-5-15(16)21-2/h3-10H,11H2,1-2H3,(H,18,19). The fraction of sp³-hybridized carbons (Fsp3) is 0.176. The van der Waals surface area contributed by atoms with Gasteiger partial charge in [0.25, 0.3) is 0 Å². The zero-order chi connectivity index (χ0) is 16.7. The van der Waals surface area contributed by atoms with Crippen LogP contribution < -0.4 is 19.5 Å². The van der Waals surface area contributed by atoms with Gasteiger partial charge in [0.05, 0.1) is 7.11 Å². The lowest BCUT2D eigenvalue weighted by Gasteiger charge is -2.10. The molecule has 0 aliphatic rings. The molecule has 0 aliphatic carbocycles. The maximum Gasteiger partial charge on any atom is 0.349 e. The second kappa shape index (κ2) is 7.84. The number of ether oxygens (including phenoxy) is 3. The summed E-state index contributed by atoms with van der Waals surface area (Å²) in [4.78, 5) is 22.7. The highest BCUT2D eigenvalue weighted by molar-refractivity contribution is 5.88. The molecule has 0 aromatic heterocycles. The normalized spacial score (nSPS) is 9.83. The molecular formula is C17H17NO5. The summed E-state index contributed by atoms with van der Waals surface area (Å²) < 4.78 is 15.7. The van der Waals surface area contributed by atoms with E-state index in [0.29, 0.717) is 22.9 Å². The lowest BCUT2D eigenvalue weighted by Crippen LogP contribution is -2.18. The number of rotatable bonds is 6. The van der Waals surface area contributed by atoms with Crippen LogP contribution in [0.3, 0.4) is 0 Å². The highest BCUT2D eigenvalue weighted by atomic mass is 16.6. The minimum atomic E-state index is -0.539. The highest BCUT2D eigenvalue weighted by Gasteiger charge is 2.09. The van der Waals surface area contributed by atoms with E-state index >= 15 is 0 Å². The van der Waals surface area contributed by atoms with Gasteiger partial charge in [-0.15, -0.1) is 0 Å². The molecule has 0 fully saturated rings. The minimum Gasteiger partial charge on any atom is -0.493 e.